The first-order chi connectivity index (χ1) is 8.38. The first-order valence-corrected chi connectivity index (χ1v) is 6.04. The van der Waals surface area contributed by atoms with Gasteiger partial charge in [-0.05, 0) is 24.7 Å². The molecule has 2 N–H and O–H groups in total. The molecule has 1 atom stereocenters. The molecule has 0 amide bonds. The molecule has 2 rings (SSSR count). The molecule has 7 heteroatoms. The summed E-state index contributed by atoms with van der Waals surface area (Å²) in [7, 11) is 0. The zero-order valence-corrected chi connectivity index (χ0v) is 10.1. The smallest absolute Gasteiger partial charge is 0.329 e. The van der Waals surface area contributed by atoms with E-state index in [-0.39, 0.29) is 11.7 Å². The summed E-state index contributed by atoms with van der Waals surface area (Å²) in [6.45, 7) is 2.16. The topological polar surface area (TPSA) is 64.9 Å². The molecule has 0 radical (unpaired) electrons. The van der Waals surface area contributed by atoms with E-state index in [1.165, 1.54) is 0 Å². The summed E-state index contributed by atoms with van der Waals surface area (Å²) in [6.07, 6.45) is -0.715. The Labute approximate surface area is 103 Å². The van der Waals surface area contributed by atoms with Crippen LogP contribution in [0.25, 0.3) is 0 Å². The Morgan fingerprint density at radius 1 is 1.28 bits per heavy atom. The fourth-order valence-electron chi connectivity index (χ4n) is 2.34. The summed E-state index contributed by atoms with van der Waals surface area (Å²) in [6, 6.07) is -0.572. The predicted octanol–water partition coefficient (Wildman–Crippen LogP) is 2.91. The summed E-state index contributed by atoms with van der Waals surface area (Å²) in [4.78, 5) is 3.35. The Balaban J connectivity index is 2.05. The third-order valence-corrected chi connectivity index (χ3v) is 3.55. The zero-order valence-electron chi connectivity index (χ0n) is 10.1. The molecule has 1 aromatic heterocycles. The van der Waals surface area contributed by atoms with Gasteiger partial charge in [-0.25, -0.2) is 0 Å². The zero-order chi connectivity index (χ0) is 13.3. The Hall–Kier alpha value is -1.11. The van der Waals surface area contributed by atoms with E-state index in [1.54, 1.807) is 0 Å². The van der Waals surface area contributed by atoms with Crippen LogP contribution in [0.2, 0.25) is 0 Å². The molecule has 1 fully saturated rings. The third-order valence-electron chi connectivity index (χ3n) is 3.55. The van der Waals surface area contributed by atoms with E-state index in [0.29, 0.717) is 5.92 Å². The predicted molar refractivity (Wildman–Crippen MR) is 57.4 cm³/mol. The molecule has 1 unspecified atom stereocenters. The van der Waals surface area contributed by atoms with Crippen LogP contribution < -0.4 is 5.73 Å². The number of nitrogens with two attached hydrogens (primary N) is 1. The first-order valence-electron chi connectivity index (χ1n) is 6.04. The van der Waals surface area contributed by atoms with E-state index in [1.807, 2.05) is 0 Å². The van der Waals surface area contributed by atoms with Crippen LogP contribution in [0.15, 0.2) is 4.52 Å². The Bertz CT molecular complexity index is 396. The molecule has 0 aromatic carbocycles. The van der Waals surface area contributed by atoms with E-state index in [9.17, 15) is 13.2 Å². The van der Waals surface area contributed by atoms with E-state index < -0.39 is 18.1 Å². The van der Waals surface area contributed by atoms with Gasteiger partial charge in [0.2, 0.25) is 0 Å². The van der Waals surface area contributed by atoms with E-state index >= 15 is 0 Å². The lowest BCUT2D eigenvalue weighted by Gasteiger charge is -2.28. The lowest BCUT2D eigenvalue weighted by Crippen LogP contribution is -2.26. The molecule has 1 aromatic rings. The minimum absolute atomic E-state index is 0.0399. The van der Waals surface area contributed by atoms with Crippen molar-refractivity contribution in [3.63, 3.8) is 0 Å². The second kappa shape index (κ2) is 4.87. The quantitative estimate of drug-likeness (QED) is 0.891. The summed E-state index contributed by atoms with van der Waals surface area (Å²) in [5.74, 6) is -0.566. The highest BCUT2D eigenvalue weighted by Crippen LogP contribution is 2.35. The minimum atomic E-state index is -4.61. The van der Waals surface area contributed by atoms with Gasteiger partial charge in [0.15, 0.2) is 5.82 Å². The number of hydrogen-bond acceptors (Lipinski definition) is 4. The fourth-order valence-corrected chi connectivity index (χ4v) is 2.34. The normalized spacial score (nSPS) is 27.2. The van der Waals surface area contributed by atoms with Crippen molar-refractivity contribution < 1.29 is 17.7 Å². The van der Waals surface area contributed by atoms with Crippen molar-refractivity contribution in [2.24, 2.45) is 17.6 Å². The van der Waals surface area contributed by atoms with Crippen molar-refractivity contribution in [1.82, 2.24) is 10.1 Å². The van der Waals surface area contributed by atoms with Crippen molar-refractivity contribution in [3.05, 3.63) is 11.7 Å². The Kier molecular flexibility index (Phi) is 3.61. The maximum Gasteiger partial charge on any atom is 0.471 e. The number of aromatic nitrogens is 2. The maximum absolute atomic E-state index is 12.3. The second-order valence-electron chi connectivity index (χ2n) is 5.00. The highest BCUT2D eigenvalue weighted by atomic mass is 19.4. The van der Waals surface area contributed by atoms with Crippen LogP contribution >= 0.6 is 0 Å². The first kappa shape index (κ1) is 13.3. The minimum Gasteiger partial charge on any atom is -0.329 e. The van der Waals surface area contributed by atoms with Crippen LogP contribution in [0.1, 0.15) is 50.4 Å². The molecule has 18 heavy (non-hydrogen) atoms. The van der Waals surface area contributed by atoms with Gasteiger partial charge in [0, 0.05) is 0 Å². The SMILES string of the molecule is CC1CCC(C(N)c2noc(C(F)(F)F)n2)CC1. The monoisotopic (exact) mass is 263 g/mol. The number of nitrogens with zero attached hydrogens (tertiary/aromatic N) is 2. The fraction of sp³-hybridized carbons (Fsp3) is 0.818. The van der Waals surface area contributed by atoms with Gasteiger partial charge in [-0.2, -0.15) is 18.2 Å². The standard InChI is InChI=1S/C11H16F3N3O/c1-6-2-4-7(5-3-6)8(15)9-16-10(18-17-9)11(12,13)14/h6-8H,2-5,15H2,1H3. The molecule has 0 saturated heterocycles. The molecule has 1 saturated carbocycles. The molecular formula is C11H16F3N3O. The molecule has 102 valence electrons. The second-order valence-corrected chi connectivity index (χ2v) is 5.00. The third kappa shape index (κ3) is 2.82. The van der Waals surface area contributed by atoms with Crippen LogP contribution in [0, 0.1) is 11.8 Å². The van der Waals surface area contributed by atoms with Crippen molar-refractivity contribution in [2.45, 2.75) is 44.8 Å². The molecule has 0 bridgehead atoms. The number of rotatable bonds is 2. The van der Waals surface area contributed by atoms with E-state index in [4.69, 9.17) is 5.73 Å². The van der Waals surface area contributed by atoms with E-state index in [0.717, 1.165) is 25.7 Å². The maximum atomic E-state index is 12.3. The van der Waals surface area contributed by atoms with Gasteiger partial charge in [-0.1, -0.05) is 24.9 Å². The highest BCUT2D eigenvalue weighted by molar-refractivity contribution is 4.98. The number of halogens is 3. The average Bonchev–Trinajstić information content (AvgIpc) is 2.78. The van der Waals surface area contributed by atoms with E-state index in [2.05, 4.69) is 21.6 Å². The van der Waals surface area contributed by atoms with Crippen LogP contribution in [0.5, 0.6) is 0 Å². The highest BCUT2D eigenvalue weighted by Gasteiger charge is 2.39. The number of alkyl halides is 3. The van der Waals surface area contributed by atoms with Gasteiger partial charge in [-0.3, -0.25) is 0 Å². The largest absolute Gasteiger partial charge is 0.471 e. The molecular weight excluding hydrogens is 247 g/mol. The van der Waals surface area contributed by atoms with Gasteiger partial charge < -0.3 is 10.3 Å². The molecule has 4 nitrogen and oxygen atoms in total. The lowest BCUT2D eigenvalue weighted by atomic mass is 9.79. The van der Waals surface area contributed by atoms with Gasteiger partial charge >= 0.3 is 12.1 Å². The van der Waals surface area contributed by atoms with Gasteiger partial charge in [0.25, 0.3) is 0 Å². The molecule has 1 aliphatic rings. The summed E-state index contributed by atoms with van der Waals surface area (Å²) in [5, 5.41) is 3.35. The summed E-state index contributed by atoms with van der Waals surface area (Å²) in [5.41, 5.74) is 5.92. The van der Waals surface area contributed by atoms with Crippen molar-refractivity contribution in [1.29, 1.82) is 0 Å². The van der Waals surface area contributed by atoms with Crippen LogP contribution in [-0.4, -0.2) is 10.1 Å². The summed E-state index contributed by atoms with van der Waals surface area (Å²) < 4.78 is 41.2. The van der Waals surface area contributed by atoms with Crippen molar-refractivity contribution >= 4 is 0 Å². The van der Waals surface area contributed by atoms with Crippen molar-refractivity contribution in [3.8, 4) is 0 Å². The molecule has 0 aliphatic heterocycles. The van der Waals surface area contributed by atoms with Crippen molar-refractivity contribution in [2.75, 3.05) is 0 Å². The lowest BCUT2D eigenvalue weighted by molar-refractivity contribution is -0.159. The molecule has 0 spiro atoms. The van der Waals surface area contributed by atoms with Crippen LogP contribution in [-0.2, 0) is 6.18 Å². The molecule has 1 aliphatic carbocycles. The van der Waals surface area contributed by atoms with Crippen LogP contribution in [0.4, 0.5) is 13.2 Å². The van der Waals surface area contributed by atoms with Gasteiger partial charge in [0.05, 0.1) is 6.04 Å². The molecule has 1 heterocycles. The van der Waals surface area contributed by atoms with Gasteiger partial charge in [-0.15, -0.1) is 0 Å². The van der Waals surface area contributed by atoms with Crippen LogP contribution in [0.3, 0.4) is 0 Å². The Morgan fingerprint density at radius 2 is 1.89 bits per heavy atom. The Morgan fingerprint density at radius 3 is 2.39 bits per heavy atom. The summed E-state index contributed by atoms with van der Waals surface area (Å²) >= 11 is 0. The average molecular weight is 263 g/mol. The van der Waals surface area contributed by atoms with Gasteiger partial charge in [0.1, 0.15) is 0 Å². The number of hydrogen-bond donors (Lipinski definition) is 1.